The van der Waals surface area contributed by atoms with Gasteiger partial charge in [0.25, 0.3) is 0 Å². The Kier molecular flexibility index (Phi) is 4.14. The normalized spacial score (nSPS) is 13.6. The van der Waals surface area contributed by atoms with E-state index in [1.54, 1.807) is 0 Å². The maximum Gasteiger partial charge on any atom is 0.120 e. The van der Waals surface area contributed by atoms with E-state index >= 15 is 0 Å². The van der Waals surface area contributed by atoms with E-state index in [1.807, 2.05) is 6.82 Å². The molecule has 0 aromatic heterocycles. The summed E-state index contributed by atoms with van der Waals surface area (Å²) in [6.07, 6.45) is 0.209. The summed E-state index contributed by atoms with van der Waals surface area (Å²) in [5.74, 6) is 0. The fraction of sp³-hybridized carbons (Fsp3) is 1.00. The molecule has 0 bridgehead atoms. The quantitative estimate of drug-likeness (QED) is 0.460. The second-order valence-corrected chi connectivity index (χ2v) is 1.63. The zero-order chi connectivity index (χ0) is 5.70. The lowest BCUT2D eigenvalue weighted by Gasteiger charge is -2.00. The second-order valence-electron chi connectivity index (χ2n) is 1.63. The van der Waals surface area contributed by atoms with Gasteiger partial charge in [-0.3, -0.25) is 0 Å². The van der Waals surface area contributed by atoms with E-state index in [9.17, 15) is 0 Å². The summed E-state index contributed by atoms with van der Waals surface area (Å²) in [5.41, 5.74) is 0. The average molecular weight is 102 g/mol. The molecule has 0 amide bonds. The van der Waals surface area contributed by atoms with Gasteiger partial charge in [0, 0.05) is 0 Å². The number of aliphatic hydroxyl groups excluding tert-OH is 2. The van der Waals surface area contributed by atoms with Gasteiger partial charge in [0.15, 0.2) is 0 Å². The van der Waals surface area contributed by atoms with E-state index in [0.717, 1.165) is 7.28 Å². The molecule has 2 N–H and O–H groups in total. The van der Waals surface area contributed by atoms with Crippen LogP contribution in [0.25, 0.3) is 0 Å². The van der Waals surface area contributed by atoms with Gasteiger partial charge in [-0.2, -0.15) is 0 Å². The molecule has 1 unspecified atom stereocenters. The smallest absolute Gasteiger partial charge is 0.120 e. The lowest BCUT2D eigenvalue weighted by atomic mass is 9.76. The lowest BCUT2D eigenvalue weighted by molar-refractivity contribution is 0.110. The third-order valence-corrected chi connectivity index (χ3v) is 0.833. The van der Waals surface area contributed by atoms with Crippen molar-refractivity contribution in [3.05, 3.63) is 0 Å². The standard InChI is InChI=1S/C4H11BO2/c1-5-2-4(7)3-6/h4-7H,2-3H2,1H3. The van der Waals surface area contributed by atoms with Crippen LogP contribution < -0.4 is 0 Å². The second kappa shape index (κ2) is 4.15. The Hall–Kier alpha value is -0.0151. The van der Waals surface area contributed by atoms with Gasteiger partial charge < -0.3 is 10.2 Å². The Morgan fingerprint density at radius 1 is 1.71 bits per heavy atom. The molecule has 7 heavy (non-hydrogen) atoms. The van der Waals surface area contributed by atoms with Crippen LogP contribution in [0.5, 0.6) is 0 Å². The molecule has 0 spiro atoms. The summed E-state index contributed by atoms with van der Waals surface area (Å²) in [7, 11) is 0.932. The molecular weight excluding hydrogens is 90.9 g/mol. The topological polar surface area (TPSA) is 40.5 Å². The van der Waals surface area contributed by atoms with Gasteiger partial charge in [0.1, 0.15) is 7.28 Å². The fourth-order valence-electron chi connectivity index (χ4n) is 0.425. The maximum atomic E-state index is 8.61. The Balaban J connectivity index is 2.83. The molecular formula is C4H11BO2. The van der Waals surface area contributed by atoms with E-state index in [4.69, 9.17) is 10.2 Å². The predicted molar refractivity (Wildman–Crippen MR) is 30.9 cm³/mol. The number of rotatable bonds is 3. The summed E-state index contributed by atoms with van der Waals surface area (Å²) >= 11 is 0. The highest BCUT2D eigenvalue weighted by Crippen LogP contribution is 1.86. The molecule has 0 aliphatic rings. The van der Waals surface area contributed by atoms with Gasteiger partial charge in [-0.1, -0.05) is 6.82 Å². The van der Waals surface area contributed by atoms with Crippen LogP contribution in [0.2, 0.25) is 13.1 Å². The van der Waals surface area contributed by atoms with Crippen molar-refractivity contribution in [2.24, 2.45) is 0 Å². The van der Waals surface area contributed by atoms with E-state index < -0.39 is 6.10 Å². The van der Waals surface area contributed by atoms with Crippen LogP contribution in [0.4, 0.5) is 0 Å². The highest BCUT2D eigenvalue weighted by atomic mass is 16.3. The first-order chi connectivity index (χ1) is 3.31. The van der Waals surface area contributed by atoms with Crippen LogP contribution in [-0.2, 0) is 0 Å². The highest BCUT2D eigenvalue weighted by molar-refractivity contribution is 6.33. The molecule has 0 rings (SSSR count). The monoisotopic (exact) mass is 102 g/mol. The zero-order valence-electron chi connectivity index (χ0n) is 4.59. The summed E-state index contributed by atoms with van der Waals surface area (Å²) in [5, 5.41) is 16.8. The first-order valence-corrected chi connectivity index (χ1v) is 2.60. The van der Waals surface area contributed by atoms with Crippen molar-refractivity contribution in [2.45, 2.75) is 19.2 Å². The predicted octanol–water partition coefficient (Wildman–Crippen LogP) is -0.758. The Bertz CT molecular complexity index is 40.7. The van der Waals surface area contributed by atoms with Crippen LogP contribution in [0, 0.1) is 0 Å². The third kappa shape index (κ3) is 3.82. The zero-order valence-corrected chi connectivity index (χ0v) is 4.59. The molecule has 3 heteroatoms. The first kappa shape index (κ1) is 6.98. The molecule has 1 atom stereocenters. The van der Waals surface area contributed by atoms with Crippen molar-refractivity contribution in [3.8, 4) is 0 Å². The lowest BCUT2D eigenvalue weighted by Crippen LogP contribution is -2.12. The van der Waals surface area contributed by atoms with Crippen LogP contribution in [0.3, 0.4) is 0 Å². The van der Waals surface area contributed by atoms with Crippen molar-refractivity contribution in [1.29, 1.82) is 0 Å². The van der Waals surface area contributed by atoms with Gasteiger partial charge >= 0.3 is 0 Å². The third-order valence-electron chi connectivity index (χ3n) is 0.833. The molecule has 0 aliphatic carbocycles. The minimum Gasteiger partial charge on any atom is -0.394 e. The summed E-state index contributed by atoms with van der Waals surface area (Å²) in [4.78, 5) is 0. The molecule has 0 heterocycles. The van der Waals surface area contributed by atoms with Gasteiger partial charge in [0.2, 0.25) is 0 Å². The number of hydrogen-bond donors (Lipinski definition) is 2. The van der Waals surface area contributed by atoms with Crippen molar-refractivity contribution in [3.63, 3.8) is 0 Å². The van der Waals surface area contributed by atoms with Crippen LogP contribution in [0.1, 0.15) is 0 Å². The molecule has 0 saturated carbocycles. The van der Waals surface area contributed by atoms with Gasteiger partial charge in [-0.15, -0.1) is 0 Å². The highest BCUT2D eigenvalue weighted by Gasteiger charge is 1.96. The Labute approximate surface area is 44.4 Å². The SMILES string of the molecule is CBCC(O)CO. The van der Waals surface area contributed by atoms with E-state index in [-0.39, 0.29) is 6.61 Å². The largest absolute Gasteiger partial charge is 0.394 e. The summed E-state index contributed by atoms with van der Waals surface area (Å²) < 4.78 is 0. The van der Waals surface area contributed by atoms with E-state index in [2.05, 4.69) is 0 Å². The molecule has 0 radical (unpaired) electrons. The van der Waals surface area contributed by atoms with Gasteiger partial charge in [-0.25, -0.2) is 0 Å². The first-order valence-electron chi connectivity index (χ1n) is 2.60. The molecule has 0 fully saturated rings. The van der Waals surface area contributed by atoms with Crippen molar-refractivity contribution < 1.29 is 10.2 Å². The molecule has 0 aromatic carbocycles. The van der Waals surface area contributed by atoms with Gasteiger partial charge in [0.05, 0.1) is 12.7 Å². The van der Waals surface area contributed by atoms with Gasteiger partial charge in [-0.05, 0) is 6.32 Å². The summed E-state index contributed by atoms with van der Waals surface area (Å²) in [6.45, 7) is 1.87. The average Bonchev–Trinajstić information content (AvgIpc) is 1.68. The van der Waals surface area contributed by atoms with Crippen LogP contribution in [0.15, 0.2) is 0 Å². The molecule has 0 saturated heterocycles. The Morgan fingerprint density at radius 2 is 2.29 bits per heavy atom. The maximum absolute atomic E-state index is 8.61. The minimum absolute atomic E-state index is 0.103. The van der Waals surface area contributed by atoms with E-state index in [0.29, 0.717) is 6.32 Å². The number of aliphatic hydroxyl groups is 2. The molecule has 0 aromatic rings. The van der Waals surface area contributed by atoms with Crippen LogP contribution >= 0.6 is 0 Å². The number of hydrogen-bond acceptors (Lipinski definition) is 2. The molecule has 2 nitrogen and oxygen atoms in total. The Morgan fingerprint density at radius 3 is 2.43 bits per heavy atom. The fourth-order valence-corrected chi connectivity index (χ4v) is 0.425. The molecule has 42 valence electrons. The van der Waals surface area contributed by atoms with Crippen molar-refractivity contribution in [1.82, 2.24) is 0 Å². The van der Waals surface area contributed by atoms with Crippen molar-refractivity contribution in [2.75, 3.05) is 6.61 Å². The van der Waals surface area contributed by atoms with E-state index in [1.165, 1.54) is 0 Å². The van der Waals surface area contributed by atoms with Crippen LogP contribution in [-0.4, -0.2) is 30.2 Å². The van der Waals surface area contributed by atoms with Crippen molar-refractivity contribution >= 4 is 7.28 Å². The minimum atomic E-state index is -0.495. The summed E-state index contributed by atoms with van der Waals surface area (Å²) in [6, 6.07) is 0. The molecule has 0 aliphatic heterocycles.